The standard InChI is InChI=1S/C13H20N4O/c1-3-14-13(18)12-8-11(4-5-16-12)17-7-6-15-10(2)9-17/h4-5,8,10,15H,3,6-7,9H2,1-2H3,(H,14,18). The number of rotatable bonds is 3. The minimum Gasteiger partial charge on any atom is -0.369 e. The molecule has 1 fully saturated rings. The number of nitrogens with zero attached hydrogens (tertiary/aromatic N) is 2. The molecule has 1 aromatic heterocycles. The second kappa shape index (κ2) is 5.82. The van der Waals surface area contributed by atoms with Crippen molar-refractivity contribution in [3.8, 4) is 0 Å². The van der Waals surface area contributed by atoms with Gasteiger partial charge in [-0.25, -0.2) is 0 Å². The fraction of sp³-hybridized carbons (Fsp3) is 0.538. The maximum Gasteiger partial charge on any atom is 0.269 e. The monoisotopic (exact) mass is 248 g/mol. The quantitative estimate of drug-likeness (QED) is 0.824. The van der Waals surface area contributed by atoms with Gasteiger partial charge in [0.25, 0.3) is 5.91 Å². The average molecular weight is 248 g/mol. The van der Waals surface area contributed by atoms with E-state index in [-0.39, 0.29) is 5.91 Å². The van der Waals surface area contributed by atoms with Gasteiger partial charge in [-0.3, -0.25) is 9.78 Å². The van der Waals surface area contributed by atoms with E-state index in [1.54, 1.807) is 6.20 Å². The second-order valence-corrected chi connectivity index (χ2v) is 4.56. The maximum absolute atomic E-state index is 11.7. The van der Waals surface area contributed by atoms with Gasteiger partial charge >= 0.3 is 0 Å². The van der Waals surface area contributed by atoms with Crippen LogP contribution in [0.25, 0.3) is 0 Å². The lowest BCUT2D eigenvalue weighted by Crippen LogP contribution is -2.49. The fourth-order valence-corrected chi connectivity index (χ4v) is 2.16. The molecule has 98 valence electrons. The number of nitrogens with one attached hydrogen (secondary N) is 2. The molecular formula is C13H20N4O. The van der Waals surface area contributed by atoms with Crippen LogP contribution in [0.3, 0.4) is 0 Å². The van der Waals surface area contributed by atoms with E-state index in [9.17, 15) is 4.79 Å². The van der Waals surface area contributed by atoms with Crippen molar-refractivity contribution in [3.05, 3.63) is 24.0 Å². The first-order valence-electron chi connectivity index (χ1n) is 6.43. The number of carbonyl (C=O) groups is 1. The van der Waals surface area contributed by atoms with Gasteiger partial charge in [-0.15, -0.1) is 0 Å². The first-order chi connectivity index (χ1) is 8.70. The Morgan fingerprint density at radius 2 is 2.50 bits per heavy atom. The predicted molar refractivity (Wildman–Crippen MR) is 71.9 cm³/mol. The van der Waals surface area contributed by atoms with Crippen LogP contribution in [0.2, 0.25) is 0 Å². The normalized spacial score (nSPS) is 19.7. The van der Waals surface area contributed by atoms with Crippen LogP contribution in [-0.2, 0) is 0 Å². The molecular weight excluding hydrogens is 228 g/mol. The van der Waals surface area contributed by atoms with Gasteiger partial charge in [0.2, 0.25) is 0 Å². The van der Waals surface area contributed by atoms with Crippen molar-refractivity contribution < 1.29 is 4.79 Å². The molecule has 1 aliphatic heterocycles. The molecule has 0 saturated carbocycles. The van der Waals surface area contributed by atoms with E-state index in [0.29, 0.717) is 18.3 Å². The highest BCUT2D eigenvalue weighted by Gasteiger charge is 2.17. The van der Waals surface area contributed by atoms with Gasteiger partial charge in [0.15, 0.2) is 0 Å². The van der Waals surface area contributed by atoms with Gasteiger partial charge in [-0.2, -0.15) is 0 Å². The molecule has 0 aromatic carbocycles. The molecule has 0 aliphatic carbocycles. The van der Waals surface area contributed by atoms with Crippen LogP contribution >= 0.6 is 0 Å². The number of amides is 1. The topological polar surface area (TPSA) is 57.3 Å². The van der Waals surface area contributed by atoms with Crippen LogP contribution < -0.4 is 15.5 Å². The highest BCUT2D eigenvalue weighted by molar-refractivity contribution is 5.93. The van der Waals surface area contributed by atoms with Crippen LogP contribution in [0.1, 0.15) is 24.3 Å². The minimum atomic E-state index is -0.109. The first-order valence-corrected chi connectivity index (χ1v) is 6.43. The smallest absolute Gasteiger partial charge is 0.269 e. The van der Waals surface area contributed by atoms with E-state index in [1.807, 2.05) is 19.1 Å². The Labute approximate surface area is 108 Å². The van der Waals surface area contributed by atoms with Crippen LogP contribution in [0.4, 0.5) is 5.69 Å². The molecule has 1 aromatic rings. The molecule has 2 N–H and O–H groups in total. The zero-order valence-corrected chi connectivity index (χ0v) is 10.9. The van der Waals surface area contributed by atoms with E-state index in [2.05, 4.69) is 27.4 Å². The number of piperazine rings is 1. The zero-order chi connectivity index (χ0) is 13.0. The van der Waals surface area contributed by atoms with Crippen LogP contribution in [-0.4, -0.2) is 43.1 Å². The molecule has 18 heavy (non-hydrogen) atoms. The lowest BCUT2D eigenvalue weighted by molar-refractivity contribution is 0.0951. The Bertz CT molecular complexity index is 421. The van der Waals surface area contributed by atoms with Crippen molar-refractivity contribution in [2.45, 2.75) is 19.9 Å². The molecule has 0 spiro atoms. The third-order valence-corrected chi connectivity index (χ3v) is 3.05. The largest absolute Gasteiger partial charge is 0.369 e. The first kappa shape index (κ1) is 12.8. The third-order valence-electron chi connectivity index (χ3n) is 3.05. The molecule has 1 aliphatic rings. The molecule has 5 nitrogen and oxygen atoms in total. The lowest BCUT2D eigenvalue weighted by Gasteiger charge is -2.33. The van der Waals surface area contributed by atoms with Crippen molar-refractivity contribution >= 4 is 11.6 Å². The van der Waals surface area contributed by atoms with Crippen molar-refractivity contribution in [3.63, 3.8) is 0 Å². The molecule has 1 amide bonds. The highest BCUT2D eigenvalue weighted by atomic mass is 16.1. The van der Waals surface area contributed by atoms with E-state index in [0.717, 1.165) is 25.3 Å². The van der Waals surface area contributed by atoms with Crippen molar-refractivity contribution in [2.75, 3.05) is 31.1 Å². The molecule has 2 rings (SSSR count). The summed E-state index contributed by atoms with van der Waals surface area (Å²) in [5.74, 6) is -0.109. The van der Waals surface area contributed by atoms with Crippen LogP contribution in [0.15, 0.2) is 18.3 Å². The van der Waals surface area contributed by atoms with Crippen LogP contribution in [0.5, 0.6) is 0 Å². The molecule has 1 atom stereocenters. The van der Waals surface area contributed by atoms with Gasteiger partial charge in [-0.1, -0.05) is 0 Å². The summed E-state index contributed by atoms with van der Waals surface area (Å²) in [7, 11) is 0. The van der Waals surface area contributed by atoms with Gasteiger partial charge in [0.1, 0.15) is 5.69 Å². The Hall–Kier alpha value is -1.62. The van der Waals surface area contributed by atoms with Crippen LogP contribution in [0, 0.1) is 0 Å². The zero-order valence-electron chi connectivity index (χ0n) is 10.9. The predicted octanol–water partition coefficient (Wildman–Crippen LogP) is 0.629. The second-order valence-electron chi connectivity index (χ2n) is 4.56. The summed E-state index contributed by atoms with van der Waals surface area (Å²) in [5.41, 5.74) is 1.56. The third kappa shape index (κ3) is 2.98. The van der Waals surface area contributed by atoms with E-state index < -0.39 is 0 Å². The van der Waals surface area contributed by atoms with E-state index in [1.165, 1.54) is 0 Å². The number of hydrogen-bond acceptors (Lipinski definition) is 4. The molecule has 2 heterocycles. The highest BCUT2D eigenvalue weighted by Crippen LogP contribution is 2.16. The van der Waals surface area contributed by atoms with Gasteiger partial charge < -0.3 is 15.5 Å². The number of aromatic nitrogens is 1. The summed E-state index contributed by atoms with van der Waals surface area (Å²) in [4.78, 5) is 18.1. The van der Waals surface area contributed by atoms with Gasteiger partial charge in [0, 0.05) is 44.1 Å². The fourth-order valence-electron chi connectivity index (χ4n) is 2.16. The van der Waals surface area contributed by atoms with Crippen molar-refractivity contribution in [1.29, 1.82) is 0 Å². The minimum absolute atomic E-state index is 0.109. The molecule has 5 heteroatoms. The van der Waals surface area contributed by atoms with Crippen molar-refractivity contribution in [1.82, 2.24) is 15.6 Å². The Morgan fingerprint density at radius 3 is 3.22 bits per heavy atom. The molecule has 0 radical (unpaired) electrons. The molecule has 1 saturated heterocycles. The van der Waals surface area contributed by atoms with E-state index >= 15 is 0 Å². The number of hydrogen-bond donors (Lipinski definition) is 2. The summed E-state index contributed by atoms with van der Waals surface area (Å²) in [6, 6.07) is 4.30. The SMILES string of the molecule is CCNC(=O)c1cc(N2CCNC(C)C2)ccn1. The Kier molecular flexibility index (Phi) is 4.15. The Balaban J connectivity index is 2.13. The summed E-state index contributed by atoms with van der Waals surface area (Å²) in [6.07, 6.45) is 1.70. The summed E-state index contributed by atoms with van der Waals surface area (Å²) >= 11 is 0. The number of anilines is 1. The number of carbonyl (C=O) groups excluding carboxylic acids is 1. The molecule has 0 bridgehead atoms. The van der Waals surface area contributed by atoms with E-state index in [4.69, 9.17) is 0 Å². The Morgan fingerprint density at radius 1 is 1.67 bits per heavy atom. The number of pyridine rings is 1. The van der Waals surface area contributed by atoms with Gasteiger partial charge in [0.05, 0.1) is 0 Å². The maximum atomic E-state index is 11.7. The summed E-state index contributed by atoms with van der Waals surface area (Å²) in [5, 5.41) is 6.17. The summed E-state index contributed by atoms with van der Waals surface area (Å²) in [6.45, 7) is 7.58. The molecule has 1 unspecified atom stereocenters. The lowest BCUT2D eigenvalue weighted by atomic mass is 10.2. The van der Waals surface area contributed by atoms with Gasteiger partial charge in [-0.05, 0) is 26.0 Å². The van der Waals surface area contributed by atoms with Crippen molar-refractivity contribution in [2.24, 2.45) is 0 Å². The summed E-state index contributed by atoms with van der Waals surface area (Å²) < 4.78 is 0. The average Bonchev–Trinajstić information content (AvgIpc) is 2.39.